The Morgan fingerprint density at radius 2 is 2.35 bits per heavy atom. The van der Waals surface area contributed by atoms with Gasteiger partial charge in [0.05, 0.1) is 12.7 Å². The molecule has 0 aliphatic heterocycles. The van der Waals surface area contributed by atoms with Crippen molar-refractivity contribution in [3.8, 4) is 0 Å². The summed E-state index contributed by atoms with van der Waals surface area (Å²) < 4.78 is 4.95. The number of carbonyl (C=O) groups excluding carboxylic acids is 1. The molecule has 0 fully saturated rings. The van der Waals surface area contributed by atoms with Gasteiger partial charge < -0.3 is 15.6 Å². The second-order valence-corrected chi connectivity index (χ2v) is 5.00. The topological polar surface area (TPSA) is 72.5 Å². The van der Waals surface area contributed by atoms with Crippen LogP contribution in [0.15, 0.2) is 6.07 Å². The third kappa shape index (κ3) is 4.11. The molecule has 0 amide bonds. The van der Waals surface area contributed by atoms with Crippen LogP contribution in [-0.2, 0) is 11.2 Å². The Morgan fingerprint density at radius 1 is 1.65 bits per heavy atom. The van der Waals surface area contributed by atoms with Gasteiger partial charge >= 0.3 is 5.97 Å². The lowest BCUT2D eigenvalue weighted by Crippen LogP contribution is -2.19. The summed E-state index contributed by atoms with van der Waals surface area (Å²) >= 11 is 1.43. The molecule has 1 aromatic rings. The summed E-state index contributed by atoms with van der Waals surface area (Å²) in [5.74, 6) is -0.272. The molecule has 0 aliphatic carbocycles. The highest BCUT2D eigenvalue weighted by atomic mass is 32.1. The molecule has 1 rings (SSSR count). The molecule has 96 valence electrons. The minimum absolute atomic E-state index is 0.272. The van der Waals surface area contributed by atoms with Gasteiger partial charge in [0.25, 0.3) is 0 Å². The highest BCUT2D eigenvalue weighted by Crippen LogP contribution is 2.24. The van der Waals surface area contributed by atoms with E-state index in [2.05, 4.69) is 0 Å². The van der Waals surface area contributed by atoms with Gasteiger partial charge in [0, 0.05) is 11.4 Å². The molecule has 3 N–H and O–H groups in total. The molecule has 0 unspecified atom stereocenters. The summed E-state index contributed by atoms with van der Waals surface area (Å²) in [7, 11) is 0. The minimum atomic E-state index is -0.470. The first-order valence-electron chi connectivity index (χ1n) is 5.73. The fourth-order valence-electron chi connectivity index (χ4n) is 1.49. The molecule has 0 aromatic carbocycles. The Labute approximate surface area is 105 Å². The van der Waals surface area contributed by atoms with Gasteiger partial charge in [-0.05, 0) is 38.3 Å². The van der Waals surface area contributed by atoms with Crippen LogP contribution in [0, 0.1) is 6.92 Å². The minimum Gasteiger partial charge on any atom is -0.462 e. The highest BCUT2D eigenvalue weighted by Gasteiger charge is 2.13. The third-order valence-electron chi connectivity index (χ3n) is 2.47. The molecular weight excluding hydrogens is 238 g/mol. The van der Waals surface area contributed by atoms with E-state index >= 15 is 0 Å². The van der Waals surface area contributed by atoms with E-state index in [1.807, 2.05) is 13.0 Å². The molecule has 0 bridgehead atoms. The molecule has 17 heavy (non-hydrogen) atoms. The van der Waals surface area contributed by atoms with Crippen LogP contribution in [0.1, 0.15) is 33.5 Å². The van der Waals surface area contributed by atoms with Crippen molar-refractivity contribution in [3.05, 3.63) is 21.4 Å². The van der Waals surface area contributed by atoms with Crippen LogP contribution in [0.3, 0.4) is 0 Å². The van der Waals surface area contributed by atoms with Crippen LogP contribution in [0.25, 0.3) is 0 Å². The van der Waals surface area contributed by atoms with Crippen molar-refractivity contribution in [1.82, 2.24) is 0 Å². The van der Waals surface area contributed by atoms with E-state index in [-0.39, 0.29) is 12.5 Å². The maximum absolute atomic E-state index is 11.5. The highest BCUT2D eigenvalue weighted by molar-refractivity contribution is 7.14. The first-order valence-corrected chi connectivity index (χ1v) is 6.54. The van der Waals surface area contributed by atoms with Gasteiger partial charge in [0.2, 0.25) is 0 Å². The van der Waals surface area contributed by atoms with Gasteiger partial charge in [0.15, 0.2) is 0 Å². The van der Waals surface area contributed by atoms with Crippen molar-refractivity contribution in [2.24, 2.45) is 5.73 Å². The number of thiophene rings is 1. The van der Waals surface area contributed by atoms with Crippen LogP contribution < -0.4 is 5.73 Å². The molecule has 0 spiro atoms. The zero-order valence-electron chi connectivity index (χ0n) is 10.2. The Bertz CT molecular complexity index is 376. The lowest BCUT2D eigenvalue weighted by molar-refractivity contribution is 0.0532. The normalized spacial score (nSPS) is 12.5. The van der Waals surface area contributed by atoms with Crippen molar-refractivity contribution in [2.75, 3.05) is 13.2 Å². The van der Waals surface area contributed by atoms with Crippen LogP contribution >= 0.6 is 11.3 Å². The molecule has 1 heterocycles. The average molecular weight is 257 g/mol. The number of carbonyl (C=O) groups is 1. The smallest absolute Gasteiger partial charge is 0.348 e. The second-order valence-electron chi connectivity index (χ2n) is 3.87. The molecule has 0 aliphatic rings. The molecule has 0 saturated heterocycles. The maximum Gasteiger partial charge on any atom is 0.348 e. The van der Waals surface area contributed by atoms with Gasteiger partial charge in [-0.2, -0.15) is 0 Å². The van der Waals surface area contributed by atoms with E-state index in [9.17, 15) is 9.90 Å². The van der Waals surface area contributed by atoms with Crippen molar-refractivity contribution in [1.29, 1.82) is 0 Å². The van der Waals surface area contributed by atoms with E-state index in [0.29, 0.717) is 17.9 Å². The zero-order valence-corrected chi connectivity index (χ0v) is 11.0. The van der Waals surface area contributed by atoms with Gasteiger partial charge in [-0.1, -0.05) is 0 Å². The number of rotatable bonds is 6. The van der Waals surface area contributed by atoms with Gasteiger partial charge in [-0.15, -0.1) is 11.3 Å². The summed E-state index contributed by atoms with van der Waals surface area (Å²) in [4.78, 5) is 13.3. The molecular formula is C12H19NO3S. The number of aliphatic hydroxyl groups is 1. The Balaban J connectivity index is 2.65. The fourth-order valence-corrected chi connectivity index (χ4v) is 2.57. The summed E-state index contributed by atoms with van der Waals surface area (Å²) in [5, 5.41) is 9.40. The summed E-state index contributed by atoms with van der Waals surface area (Å²) in [6, 6.07) is 1.84. The van der Waals surface area contributed by atoms with Crippen LogP contribution in [0.5, 0.6) is 0 Å². The molecule has 1 aromatic heterocycles. The van der Waals surface area contributed by atoms with Crippen LogP contribution in [-0.4, -0.2) is 30.3 Å². The van der Waals surface area contributed by atoms with Crippen LogP contribution in [0.2, 0.25) is 0 Å². The zero-order chi connectivity index (χ0) is 12.8. The van der Waals surface area contributed by atoms with Crippen LogP contribution in [0.4, 0.5) is 0 Å². The third-order valence-corrected chi connectivity index (χ3v) is 3.75. The van der Waals surface area contributed by atoms with Crippen molar-refractivity contribution in [2.45, 2.75) is 32.8 Å². The standard InChI is InChI=1S/C12H19NO3S/c1-3-16-12(15)11-6-8(2)10(17-11)5-4-9(14)7-13/h6,9,14H,3-5,7,13H2,1-2H3/t9-/m0/s1. The van der Waals surface area contributed by atoms with E-state index in [1.165, 1.54) is 11.3 Å². The first-order chi connectivity index (χ1) is 8.08. The molecule has 0 saturated carbocycles. The number of aliphatic hydroxyl groups excluding tert-OH is 1. The summed E-state index contributed by atoms with van der Waals surface area (Å²) in [5.41, 5.74) is 6.42. The van der Waals surface area contributed by atoms with Gasteiger partial charge in [-0.3, -0.25) is 0 Å². The molecule has 1 atom stereocenters. The van der Waals surface area contributed by atoms with E-state index in [0.717, 1.165) is 16.9 Å². The largest absolute Gasteiger partial charge is 0.462 e. The monoisotopic (exact) mass is 257 g/mol. The van der Waals surface area contributed by atoms with Crippen molar-refractivity contribution >= 4 is 17.3 Å². The average Bonchev–Trinajstić information content (AvgIpc) is 2.68. The predicted octanol–water partition coefficient (Wildman–Crippen LogP) is 1.49. The predicted molar refractivity (Wildman–Crippen MR) is 68.4 cm³/mol. The SMILES string of the molecule is CCOC(=O)c1cc(C)c(CC[C@H](O)CN)s1. The Kier molecular flexibility index (Phi) is 5.61. The maximum atomic E-state index is 11.5. The van der Waals surface area contributed by atoms with Crippen molar-refractivity contribution < 1.29 is 14.6 Å². The summed E-state index contributed by atoms with van der Waals surface area (Å²) in [6.07, 6.45) is 0.900. The van der Waals surface area contributed by atoms with E-state index in [1.54, 1.807) is 6.92 Å². The van der Waals surface area contributed by atoms with Crippen molar-refractivity contribution in [3.63, 3.8) is 0 Å². The summed E-state index contributed by atoms with van der Waals surface area (Å²) in [6.45, 7) is 4.41. The van der Waals surface area contributed by atoms with Gasteiger partial charge in [-0.25, -0.2) is 4.79 Å². The molecule has 5 heteroatoms. The quantitative estimate of drug-likeness (QED) is 0.757. The number of nitrogens with two attached hydrogens (primary N) is 1. The number of aryl methyl sites for hydroxylation is 2. The second kappa shape index (κ2) is 6.74. The lowest BCUT2D eigenvalue weighted by Gasteiger charge is -2.06. The number of hydrogen-bond donors (Lipinski definition) is 2. The fraction of sp³-hybridized carbons (Fsp3) is 0.583. The first kappa shape index (κ1) is 14.2. The van der Waals surface area contributed by atoms with Gasteiger partial charge in [0.1, 0.15) is 4.88 Å². The number of esters is 1. The van der Waals surface area contributed by atoms with E-state index in [4.69, 9.17) is 10.5 Å². The molecule has 4 nitrogen and oxygen atoms in total. The Morgan fingerprint density at radius 3 is 2.94 bits per heavy atom. The number of ether oxygens (including phenoxy) is 1. The Hall–Kier alpha value is -0.910. The lowest BCUT2D eigenvalue weighted by atomic mass is 10.1. The molecule has 0 radical (unpaired) electrons. The van der Waals surface area contributed by atoms with E-state index < -0.39 is 6.10 Å². The number of hydrogen-bond acceptors (Lipinski definition) is 5.